The summed E-state index contributed by atoms with van der Waals surface area (Å²) in [6.45, 7) is 1.67. The van der Waals surface area contributed by atoms with Crippen molar-refractivity contribution in [3.8, 4) is 0 Å². The van der Waals surface area contributed by atoms with E-state index < -0.39 is 85.6 Å². The summed E-state index contributed by atoms with van der Waals surface area (Å²) < 4.78 is 22.9. The molecule has 2 aliphatic heterocycles. The van der Waals surface area contributed by atoms with Gasteiger partial charge in [-0.25, -0.2) is 0 Å². The zero-order valence-corrected chi connectivity index (χ0v) is 17.5. The number of hydrogen-bond acceptors (Lipinski definition) is 13. The van der Waals surface area contributed by atoms with E-state index in [2.05, 4.69) is 0 Å². The topological polar surface area (TPSA) is 248 Å². The van der Waals surface area contributed by atoms with E-state index in [0.29, 0.717) is 0 Å². The third-order valence-corrected chi connectivity index (χ3v) is 6.37. The molecule has 14 atom stereocenters. The van der Waals surface area contributed by atoms with Crippen molar-refractivity contribution in [1.29, 1.82) is 0 Å². The first-order valence-electron chi connectivity index (χ1n) is 10.6. The summed E-state index contributed by atoms with van der Waals surface area (Å²) in [6, 6.07) is -2.98. The summed E-state index contributed by atoms with van der Waals surface area (Å²) >= 11 is 0. The first-order valence-corrected chi connectivity index (χ1v) is 10.6. The maximum absolute atomic E-state index is 11.0. The molecule has 1 saturated carbocycles. The molecular weight excluding hydrogens is 414 g/mol. The molecule has 0 amide bonds. The number of nitrogens with two attached hydrogens (primary N) is 5. The van der Waals surface area contributed by atoms with Gasteiger partial charge in [0, 0.05) is 18.6 Å². The molecule has 0 spiro atoms. The predicted molar refractivity (Wildman–Crippen MR) is 107 cm³/mol. The lowest BCUT2D eigenvalue weighted by atomic mass is 9.84. The molecule has 0 unspecified atom stereocenters. The third-order valence-electron chi connectivity index (χ3n) is 6.37. The van der Waals surface area contributed by atoms with E-state index in [1.54, 1.807) is 6.92 Å². The lowest BCUT2D eigenvalue weighted by Crippen LogP contribution is -2.67. The first-order chi connectivity index (χ1) is 14.5. The Balaban J connectivity index is 1.69. The van der Waals surface area contributed by atoms with Crippen molar-refractivity contribution in [2.45, 2.75) is 105 Å². The maximum Gasteiger partial charge on any atom is 0.186 e. The van der Waals surface area contributed by atoms with Crippen LogP contribution < -0.4 is 28.7 Å². The van der Waals surface area contributed by atoms with Gasteiger partial charge in [-0.1, -0.05) is 0 Å². The average molecular weight is 452 g/mol. The van der Waals surface area contributed by atoms with Gasteiger partial charge in [0.1, 0.15) is 24.4 Å². The van der Waals surface area contributed by atoms with Crippen LogP contribution in [0.25, 0.3) is 0 Å². The van der Waals surface area contributed by atoms with E-state index >= 15 is 0 Å². The largest absolute Gasteiger partial charge is 0.390 e. The summed E-state index contributed by atoms with van der Waals surface area (Å²) in [5.41, 5.74) is 29.8. The lowest BCUT2D eigenvalue weighted by molar-refractivity contribution is -0.310. The Kier molecular flexibility index (Phi) is 8.24. The average Bonchev–Trinajstić information content (AvgIpc) is 2.71. The first kappa shape index (κ1) is 25.1. The van der Waals surface area contributed by atoms with E-state index in [-0.39, 0.29) is 19.4 Å². The van der Waals surface area contributed by atoms with Gasteiger partial charge in [-0.3, -0.25) is 0 Å². The normalized spacial score (nSPS) is 54.0. The van der Waals surface area contributed by atoms with Gasteiger partial charge in [0.2, 0.25) is 0 Å². The van der Waals surface area contributed by atoms with Crippen molar-refractivity contribution in [1.82, 2.24) is 0 Å². The number of ether oxygens (including phenoxy) is 4. The Hall–Kier alpha value is -0.520. The molecule has 13 nitrogen and oxygen atoms in total. The fourth-order valence-electron chi connectivity index (χ4n) is 4.38. The van der Waals surface area contributed by atoms with Crippen molar-refractivity contribution >= 4 is 0 Å². The van der Waals surface area contributed by atoms with E-state index in [1.807, 2.05) is 0 Å². The van der Waals surface area contributed by atoms with Crippen LogP contribution >= 0.6 is 0 Å². The second-order valence-corrected chi connectivity index (χ2v) is 8.77. The molecule has 31 heavy (non-hydrogen) atoms. The van der Waals surface area contributed by atoms with Crippen LogP contribution in [0.1, 0.15) is 19.8 Å². The summed E-state index contributed by atoms with van der Waals surface area (Å²) in [4.78, 5) is 0. The van der Waals surface area contributed by atoms with Crippen molar-refractivity contribution in [3.63, 3.8) is 0 Å². The molecule has 2 saturated heterocycles. The highest BCUT2D eigenvalue weighted by Gasteiger charge is 2.49. The van der Waals surface area contributed by atoms with Gasteiger partial charge < -0.3 is 68.0 Å². The molecule has 0 radical (unpaired) electrons. The minimum atomic E-state index is -1.33. The summed E-state index contributed by atoms with van der Waals surface area (Å²) in [6.07, 6.45) is -9.53. The van der Waals surface area contributed by atoms with E-state index in [4.69, 9.17) is 47.6 Å². The molecule has 0 bridgehead atoms. The van der Waals surface area contributed by atoms with Crippen LogP contribution in [0.4, 0.5) is 0 Å². The van der Waals surface area contributed by atoms with Crippen molar-refractivity contribution in [2.24, 2.45) is 28.7 Å². The third kappa shape index (κ3) is 5.19. The van der Waals surface area contributed by atoms with Gasteiger partial charge in [0.15, 0.2) is 12.6 Å². The number of rotatable bonds is 5. The van der Waals surface area contributed by atoms with Crippen LogP contribution in [0.3, 0.4) is 0 Å². The number of hydrogen-bond donors (Lipinski definition) is 9. The van der Waals surface area contributed by atoms with Crippen LogP contribution in [0.5, 0.6) is 0 Å². The van der Waals surface area contributed by atoms with Crippen molar-refractivity contribution in [2.75, 3.05) is 6.54 Å². The fourth-order valence-corrected chi connectivity index (χ4v) is 4.38. The highest BCUT2D eigenvalue weighted by Crippen LogP contribution is 2.30. The molecule has 0 aromatic rings. The lowest BCUT2D eigenvalue weighted by Gasteiger charge is -2.47. The molecule has 14 N–H and O–H groups in total. The molecule has 1 aliphatic carbocycles. The van der Waals surface area contributed by atoms with Gasteiger partial charge in [0.25, 0.3) is 0 Å². The fraction of sp³-hybridized carbons (Fsp3) is 1.00. The SMILES string of the molecule is C[C@H]1O[C@@H](O[C@@H]2[C@@H](O)[C@H](O[C@H]3O[C@H](CN)[C@@H](O)C[C@H]3N)[C@@H](N)C[C@H]2N)[C@H](O)[C@@H](N)[C@@H]1O. The van der Waals surface area contributed by atoms with Gasteiger partial charge in [-0.15, -0.1) is 0 Å². The summed E-state index contributed by atoms with van der Waals surface area (Å²) in [7, 11) is 0. The predicted octanol–water partition coefficient (Wildman–Crippen LogP) is -5.27. The second kappa shape index (κ2) is 10.2. The molecular formula is C18H37N5O8. The number of aliphatic hydroxyl groups is 4. The molecule has 3 aliphatic rings. The molecule has 0 aromatic carbocycles. The monoisotopic (exact) mass is 451 g/mol. The molecule has 3 rings (SSSR count). The van der Waals surface area contributed by atoms with E-state index in [0.717, 1.165) is 0 Å². The Labute approximate surface area is 180 Å². The van der Waals surface area contributed by atoms with Crippen molar-refractivity contribution in [3.05, 3.63) is 0 Å². The Morgan fingerprint density at radius 3 is 1.94 bits per heavy atom. The van der Waals surface area contributed by atoms with Crippen LogP contribution in [-0.2, 0) is 18.9 Å². The van der Waals surface area contributed by atoms with Crippen LogP contribution in [0.2, 0.25) is 0 Å². The minimum Gasteiger partial charge on any atom is -0.390 e. The highest BCUT2D eigenvalue weighted by atomic mass is 16.7. The Morgan fingerprint density at radius 1 is 0.774 bits per heavy atom. The quantitative estimate of drug-likeness (QED) is 0.190. The molecule has 13 heteroatoms. The Morgan fingerprint density at radius 2 is 1.35 bits per heavy atom. The summed E-state index contributed by atoms with van der Waals surface area (Å²) in [5.74, 6) is 0. The molecule has 182 valence electrons. The Bertz CT molecular complexity index is 593. The smallest absolute Gasteiger partial charge is 0.186 e. The minimum absolute atomic E-state index is 0.0742. The van der Waals surface area contributed by atoms with Gasteiger partial charge in [0.05, 0.1) is 36.5 Å². The summed E-state index contributed by atoms with van der Waals surface area (Å²) in [5, 5.41) is 41.3. The maximum atomic E-state index is 11.0. The zero-order valence-electron chi connectivity index (χ0n) is 17.5. The zero-order chi connectivity index (χ0) is 23.0. The molecule has 0 aromatic heterocycles. The second-order valence-electron chi connectivity index (χ2n) is 8.77. The standard InChI is InChI=1S/C18H37N5O8/c1-5-12(25)11(23)13(26)18(28-5)31-16-7(21)2-6(20)15(14(16)27)30-17-8(22)3-9(24)10(4-19)29-17/h5-18,24-27H,2-4,19-23H2,1H3/t5-,6+,7-,8-,9+,10-,11+,12-,13-,14+,15-,16+,17-,18+/m1/s1. The van der Waals surface area contributed by atoms with E-state index in [1.165, 1.54) is 0 Å². The van der Waals surface area contributed by atoms with Gasteiger partial charge >= 0.3 is 0 Å². The highest BCUT2D eigenvalue weighted by molar-refractivity contribution is 5.00. The number of aliphatic hydroxyl groups excluding tert-OH is 4. The molecule has 3 fully saturated rings. The van der Waals surface area contributed by atoms with Crippen molar-refractivity contribution < 1.29 is 39.4 Å². The molecule has 2 heterocycles. The van der Waals surface area contributed by atoms with E-state index in [9.17, 15) is 20.4 Å². The van der Waals surface area contributed by atoms with Crippen LogP contribution in [-0.4, -0.2) is 113 Å². The van der Waals surface area contributed by atoms with Gasteiger partial charge in [-0.2, -0.15) is 0 Å². The van der Waals surface area contributed by atoms with Gasteiger partial charge in [-0.05, 0) is 19.8 Å². The van der Waals surface area contributed by atoms with Crippen LogP contribution in [0.15, 0.2) is 0 Å². The van der Waals surface area contributed by atoms with Crippen LogP contribution in [0, 0.1) is 0 Å².